The Morgan fingerprint density at radius 3 is 3.00 bits per heavy atom. The van der Waals surface area contributed by atoms with E-state index in [1.54, 1.807) is 0 Å². The number of benzene rings is 1. The fourth-order valence-corrected chi connectivity index (χ4v) is 2.41. The van der Waals surface area contributed by atoms with Crippen LogP contribution in [0.4, 0.5) is 0 Å². The molecule has 1 unspecified atom stereocenters. The summed E-state index contributed by atoms with van der Waals surface area (Å²) >= 11 is 4.35. The maximum atomic E-state index is 12.5. The standard InChI is InChI=1S/C14H19NO2S/c1-2-11-10-15(8-5-9-17-11)14(16)12-6-3-4-7-13(12)18/h3-4,6-7,11,18H,2,5,8-10H2,1H3. The lowest BCUT2D eigenvalue weighted by atomic mass is 10.1. The highest BCUT2D eigenvalue weighted by Crippen LogP contribution is 2.18. The number of nitrogens with zero attached hydrogens (tertiary/aromatic N) is 1. The summed E-state index contributed by atoms with van der Waals surface area (Å²) in [6, 6.07) is 7.44. The number of ether oxygens (including phenoxy) is 1. The van der Waals surface area contributed by atoms with Gasteiger partial charge in [-0.3, -0.25) is 4.79 Å². The zero-order chi connectivity index (χ0) is 13.0. The molecular formula is C14H19NO2S. The van der Waals surface area contributed by atoms with E-state index < -0.39 is 0 Å². The first-order valence-electron chi connectivity index (χ1n) is 6.41. The van der Waals surface area contributed by atoms with Gasteiger partial charge in [-0.05, 0) is 25.0 Å². The van der Waals surface area contributed by atoms with E-state index in [0.29, 0.717) is 12.1 Å². The minimum absolute atomic E-state index is 0.0598. The van der Waals surface area contributed by atoms with Crippen molar-refractivity contribution in [3.8, 4) is 0 Å². The summed E-state index contributed by atoms with van der Waals surface area (Å²) in [5, 5.41) is 0. The summed E-state index contributed by atoms with van der Waals surface area (Å²) in [6.07, 6.45) is 1.99. The normalized spacial score (nSPS) is 20.6. The summed E-state index contributed by atoms with van der Waals surface area (Å²) in [6.45, 7) is 4.27. The number of amides is 1. The van der Waals surface area contributed by atoms with E-state index in [-0.39, 0.29) is 12.0 Å². The zero-order valence-corrected chi connectivity index (χ0v) is 11.5. The quantitative estimate of drug-likeness (QED) is 0.833. The second-order valence-corrected chi connectivity index (χ2v) is 5.00. The molecule has 0 spiro atoms. The Morgan fingerprint density at radius 2 is 2.28 bits per heavy atom. The molecule has 1 aromatic carbocycles. The van der Waals surface area contributed by atoms with E-state index in [0.717, 1.165) is 30.9 Å². The van der Waals surface area contributed by atoms with Crippen molar-refractivity contribution in [3.05, 3.63) is 29.8 Å². The van der Waals surface area contributed by atoms with Gasteiger partial charge in [-0.25, -0.2) is 0 Å². The Labute approximate surface area is 114 Å². The minimum atomic E-state index is 0.0598. The SMILES string of the molecule is CCC1CN(C(=O)c2ccccc2S)CCCO1. The van der Waals surface area contributed by atoms with Gasteiger partial charge in [0.1, 0.15) is 0 Å². The Balaban J connectivity index is 2.15. The van der Waals surface area contributed by atoms with Gasteiger partial charge in [0.2, 0.25) is 0 Å². The number of hydrogen-bond donors (Lipinski definition) is 1. The van der Waals surface area contributed by atoms with E-state index in [2.05, 4.69) is 19.6 Å². The van der Waals surface area contributed by atoms with Crippen LogP contribution in [0.3, 0.4) is 0 Å². The maximum Gasteiger partial charge on any atom is 0.255 e. The van der Waals surface area contributed by atoms with Crippen LogP contribution in [-0.2, 0) is 4.74 Å². The number of thiol groups is 1. The molecule has 3 nitrogen and oxygen atoms in total. The van der Waals surface area contributed by atoms with Crippen molar-refractivity contribution < 1.29 is 9.53 Å². The van der Waals surface area contributed by atoms with Crippen LogP contribution < -0.4 is 0 Å². The molecule has 0 N–H and O–H groups in total. The van der Waals surface area contributed by atoms with Crippen molar-refractivity contribution >= 4 is 18.5 Å². The lowest BCUT2D eigenvalue weighted by molar-refractivity contribution is 0.0458. The van der Waals surface area contributed by atoms with Gasteiger partial charge in [0.15, 0.2) is 0 Å². The highest BCUT2D eigenvalue weighted by molar-refractivity contribution is 7.80. The monoisotopic (exact) mass is 265 g/mol. The molecule has 1 heterocycles. The van der Waals surface area contributed by atoms with Crippen LogP contribution in [0.5, 0.6) is 0 Å². The van der Waals surface area contributed by atoms with E-state index in [1.807, 2.05) is 29.2 Å². The van der Waals surface area contributed by atoms with Crippen LogP contribution in [0, 0.1) is 0 Å². The maximum absolute atomic E-state index is 12.5. The van der Waals surface area contributed by atoms with Crippen LogP contribution in [0.15, 0.2) is 29.2 Å². The second-order valence-electron chi connectivity index (χ2n) is 4.52. The predicted octanol–water partition coefficient (Wildman–Crippen LogP) is 2.62. The van der Waals surface area contributed by atoms with Gasteiger partial charge in [0.05, 0.1) is 11.7 Å². The first kappa shape index (κ1) is 13.4. The van der Waals surface area contributed by atoms with Crippen LogP contribution >= 0.6 is 12.6 Å². The van der Waals surface area contributed by atoms with Gasteiger partial charge in [-0.1, -0.05) is 19.1 Å². The van der Waals surface area contributed by atoms with Crippen molar-refractivity contribution in [2.45, 2.75) is 30.8 Å². The third-order valence-corrected chi connectivity index (χ3v) is 3.62. The number of carbonyl (C=O) groups excluding carboxylic acids is 1. The first-order chi connectivity index (χ1) is 8.72. The zero-order valence-electron chi connectivity index (χ0n) is 10.6. The van der Waals surface area contributed by atoms with Crippen molar-refractivity contribution in [1.82, 2.24) is 4.90 Å². The molecule has 1 aliphatic rings. The van der Waals surface area contributed by atoms with E-state index in [4.69, 9.17) is 4.74 Å². The molecule has 1 amide bonds. The molecule has 1 aliphatic heterocycles. The Kier molecular flexibility index (Phi) is 4.66. The second kappa shape index (κ2) is 6.25. The van der Waals surface area contributed by atoms with Gasteiger partial charge in [-0.2, -0.15) is 0 Å². The predicted molar refractivity (Wildman–Crippen MR) is 74.2 cm³/mol. The fraction of sp³-hybridized carbons (Fsp3) is 0.500. The van der Waals surface area contributed by atoms with Crippen molar-refractivity contribution in [2.24, 2.45) is 0 Å². The number of hydrogen-bond acceptors (Lipinski definition) is 3. The summed E-state index contributed by atoms with van der Waals surface area (Å²) in [7, 11) is 0. The van der Waals surface area contributed by atoms with Gasteiger partial charge < -0.3 is 9.64 Å². The highest BCUT2D eigenvalue weighted by atomic mass is 32.1. The molecule has 0 saturated carbocycles. The van der Waals surface area contributed by atoms with Crippen LogP contribution in [0.25, 0.3) is 0 Å². The summed E-state index contributed by atoms with van der Waals surface area (Å²) < 4.78 is 5.69. The molecule has 1 atom stereocenters. The summed E-state index contributed by atoms with van der Waals surface area (Å²) in [5.74, 6) is 0.0598. The van der Waals surface area contributed by atoms with E-state index in [9.17, 15) is 4.79 Å². The lowest BCUT2D eigenvalue weighted by Gasteiger charge is -2.23. The number of rotatable bonds is 2. The highest BCUT2D eigenvalue weighted by Gasteiger charge is 2.23. The van der Waals surface area contributed by atoms with Crippen molar-refractivity contribution in [1.29, 1.82) is 0 Å². The van der Waals surface area contributed by atoms with Gasteiger partial charge >= 0.3 is 0 Å². The number of carbonyl (C=O) groups is 1. The van der Waals surface area contributed by atoms with Gasteiger partial charge in [0.25, 0.3) is 5.91 Å². The van der Waals surface area contributed by atoms with Crippen molar-refractivity contribution in [3.63, 3.8) is 0 Å². The molecular weight excluding hydrogens is 246 g/mol. The third kappa shape index (κ3) is 3.06. The topological polar surface area (TPSA) is 29.5 Å². The molecule has 2 rings (SSSR count). The molecule has 4 heteroatoms. The molecule has 0 bridgehead atoms. The Bertz CT molecular complexity index is 422. The molecule has 0 radical (unpaired) electrons. The summed E-state index contributed by atoms with van der Waals surface area (Å²) in [4.78, 5) is 15.1. The van der Waals surface area contributed by atoms with E-state index in [1.165, 1.54) is 0 Å². The molecule has 1 fully saturated rings. The van der Waals surface area contributed by atoms with E-state index >= 15 is 0 Å². The Hall–Kier alpha value is -1.00. The third-order valence-electron chi connectivity index (χ3n) is 3.23. The molecule has 1 saturated heterocycles. The van der Waals surface area contributed by atoms with Crippen molar-refractivity contribution in [2.75, 3.05) is 19.7 Å². The average Bonchev–Trinajstić information content (AvgIpc) is 2.64. The average molecular weight is 265 g/mol. The summed E-state index contributed by atoms with van der Waals surface area (Å²) in [5.41, 5.74) is 0.678. The molecule has 1 aromatic rings. The lowest BCUT2D eigenvalue weighted by Crippen LogP contribution is -2.36. The Morgan fingerprint density at radius 1 is 1.50 bits per heavy atom. The van der Waals surface area contributed by atoms with Gasteiger partial charge in [-0.15, -0.1) is 12.6 Å². The molecule has 0 aromatic heterocycles. The molecule has 0 aliphatic carbocycles. The fourth-order valence-electron chi connectivity index (χ4n) is 2.15. The first-order valence-corrected chi connectivity index (χ1v) is 6.86. The smallest absolute Gasteiger partial charge is 0.255 e. The molecule has 98 valence electrons. The van der Waals surface area contributed by atoms with Crippen LogP contribution in [0.2, 0.25) is 0 Å². The van der Waals surface area contributed by atoms with Crippen LogP contribution in [-0.4, -0.2) is 36.6 Å². The van der Waals surface area contributed by atoms with Crippen LogP contribution in [0.1, 0.15) is 30.1 Å². The largest absolute Gasteiger partial charge is 0.376 e. The molecule has 18 heavy (non-hydrogen) atoms. The van der Waals surface area contributed by atoms with Gasteiger partial charge in [0, 0.05) is 24.6 Å². The minimum Gasteiger partial charge on any atom is -0.376 e.